The van der Waals surface area contributed by atoms with E-state index in [2.05, 4.69) is 34.2 Å². The smallest absolute Gasteiger partial charge is 0.221 e. The van der Waals surface area contributed by atoms with Crippen molar-refractivity contribution in [3.63, 3.8) is 0 Å². The van der Waals surface area contributed by atoms with E-state index in [0.717, 1.165) is 24.3 Å². The van der Waals surface area contributed by atoms with Gasteiger partial charge in [0, 0.05) is 50.2 Å². The van der Waals surface area contributed by atoms with Crippen molar-refractivity contribution in [3.05, 3.63) is 54.1 Å². The van der Waals surface area contributed by atoms with Crippen LogP contribution in [0.1, 0.15) is 25.1 Å². The third kappa shape index (κ3) is 4.93. The summed E-state index contributed by atoms with van der Waals surface area (Å²) in [6.07, 6.45) is 6.10. The fourth-order valence-corrected chi connectivity index (χ4v) is 2.23. The van der Waals surface area contributed by atoms with Crippen LogP contribution in [-0.4, -0.2) is 33.9 Å². The molecule has 2 rings (SSSR count). The maximum Gasteiger partial charge on any atom is 0.221 e. The zero-order valence-electron chi connectivity index (χ0n) is 13.3. The molecule has 0 radical (unpaired) electrons. The van der Waals surface area contributed by atoms with Gasteiger partial charge >= 0.3 is 0 Å². The molecule has 0 saturated carbocycles. The maximum absolute atomic E-state index is 11.0. The number of nitrogens with one attached hydrogen (secondary N) is 1. The van der Waals surface area contributed by atoms with E-state index < -0.39 is 0 Å². The van der Waals surface area contributed by atoms with E-state index in [0.29, 0.717) is 6.04 Å². The molecule has 1 atom stereocenters. The molecular weight excluding hydrogens is 276 g/mol. The number of hydrogen-bond donors (Lipinski definition) is 1. The Morgan fingerprint density at radius 3 is 2.59 bits per heavy atom. The molecule has 0 aliphatic heterocycles. The number of benzene rings is 1. The minimum atomic E-state index is -0.0533. The minimum absolute atomic E-state index is 0.0533. The summed E-state index contributed by atoms with van der Waals surface area (Å²) in [4.78, 5) is 21.7. The molecule has 0 aliphatic carbocycles. The fraction of sp³-hybridized carbons (Fsp3) is 0.353. The van der Waals surface area contributed by atoms with Crippen molar-refractivity contribution < 1.29 is 4.79 Å². The van der Waals surface area contributed by atoms with Crippen LogP contribution in [0.4, 0.5) is 5.69 Å². The predicted molar refractivity (Wildman–Crippen MR) is 87.4 cm³/mol. The van der Waals surface area contributed by atoms with Gasteiger partial charge in [0.05, 0.1) is 5.69 Å². The van der Waals surface area contributed by atoms with Crippen LogP contribution in [0.25, 0.3) is 0 Å². The van der Waals surface area contributed by atoms with Gasteiger partial charge in [0.15, 0.2) is 0 Å². The number of hydrogen-bond acceptors (Lipinski definition) is 4. The standard InChI is InChI=1S/C17H22N4O/c1-13(10-17-11-18-8-9-19-17)21(3)12-15-4-6-16(7-5-15)20-14(2)22/h4-9,11,13H,10,12H2,1-3H3,(H,20,22)/t13-/m1/s1. The average molecular weight is 298 g/mol. The number of rotatable bonds is 6. The Morgan fingerprint density at radius 1 is 1.27 bits per heavy atom. The monoisotopic (exact) mass is 298 g/mol. The van der Waals surface area contributed by atoms with E-state index in [4.69, 9.17) is 0 Å². The molecule has 116 valence electrons. The molecular formula is C17H22N4O. The average Bonchev–Trinajstić information content (AvgIpc) is 2.49. The van der Waals surface area contributed by atoms with Gasteiger partial charge in [-0.05, 0) is 31.7 Å². The first kappa shape index (κ1) is 16.1. The largest absolute Gasteiger partial charge is 0.326 e. The summed E-state index contributed by atoms with van der Waals surface area (Å²) in [5, 5.41) is 2.77. The van der Waals surface area contributed by atoms with Gasteiger partial charge in [-0.1, -0.05) is 12.1 Å². The van der Waals surface area contributed by atoms with Crippen molar-refractivity contribution >= 4 is 11.6 Å². The number of nitrogens with zero attached hydrogens (tertiary/aromatic N) is 3. The van der Waals surface area contributed by atoms with E-state index in [1.165, 1.54) is 12.5 Å². The van der Waals surface area contributed by atoms with E-state index in [1.54, 1.807) is 12.4 Å². The number of carbonyl (C=O) groups excluding carboxylic acids is 1. The second kappa shape index (κ2) is 7.66. The van der Waals surface area contributed by atoms with Gasteiger partial charge in [-0.15, -0.1) is 0 Å². The first-order valence-corrected chi connectivity index (χ1v) is 7.36. The molecule has 2 aromatic rings. The van der Waals surface area contributed by atoms with Crippen LogP contribution in [0.3, 0.4) is 0 Å². The molecule has 1 N–H and O–H groups in total. The number of aromatic nitrogens is 2. The highest BCUT2D eigenvalue weighted by atomic mass is 16.1. The summed E-state index contributed by atoms with van der Waals surface area (Å²) in [6.45, 7) is 4.54. The molecule has 0 aliphatic rings. The van der Waals surface area contributed by atoms with Gasteiger partial charge in [0.2, 0.25) is 5.91 Å². The highest BCUT2D eigenvalue weighted by Gasteiger charge is 2.11. The Balaban J connectivity index is 1.90. The molecule has 0 unspecified atom stereocenters. The third-order valence-electron chi connectivity index (χ3n) is 3.58. The lowest BCUT2D eigenvalue weighted by Gasteiger charge is -2.24. The lowest BCUT2D eigenvalue weighted by Crippen LogP contribution is -2.30. The first-order chi connectivity index (χ1) is 10.5. The van der Waals surface area contributed by atoms with Crippen molar-refractivity contribution in [1.29, 1.82) is 0 Å². The van der Waals surface area contributed by atoms with Gasteiger partial charge in [0.25, 0.3) is 0 Å². The maximum atomic E-state index is 11.0. The Hall–Kier alpha value is -2.27. The molecule has 0 spiro atoms. The van der Waals surface area contributed by atoms with E-state index in [9.17, 15) is 4.79 Å². The molecule has 5 nitrogen and oxygen atoms in total. The van der Waals surface area contributed by atoms with Crippen LogP contribution in [0, 0.1) is 0 Å². The van der Waals surface area contributed by atoms with E-state index >= 15 is 0 Å². The molecule has 0 saturated heterocycles. The summed E-state index contributed by atoms with van der Waals surface area (Å²) < 4.78 is 0. The summed E-state index contributed by atoms with van der Waals surface area (Å²) in [5.74, 6) is -0.0533. The number of anilines is 1. The number of carbonyl (C=O) groups is 1. The van der Waals surface area contributed by atoms with Crippen LogP contribution in [-0.2, 0) is 17.8 Å². The Labute approximate surface area is 131 Å². The number of amides is 1. The minimum Gasteiger partial charge on any atom is -0.326 e. The third-order valence-corrected chi connectivity index (χ3v) is 3.58. The van der Waals surface area contributed by atoms with Crippen LogP contribution in [0.15, 0.2) is 42.9 Å². The van der Waals surface area contributed by atoms with Gasteiger partial charge in [0.1, 0.15) is 0 Å². The summed E-state index contributed by atoms with van der Waals surface area (Å²) in [7, 11) is 2.10. The lowest BCUT2D eigenvalue weighted by atomic mass is 10.1. The second-order valence-electron chi connectivity index (χ2n) is 5.54. The molecule has 0 bridgehead atoms. The molecule has 1 aromatic heterocycles. The Bertz CT molecular complexity index is 598. The SMILES string of the molecule is CC(=O)Nc1ccc(CN(C)[C@H](C)Cc2cnccn2)cc1. The van der Waals surface area contributed by atoms with E-state index in [1.807, 2.05) is 30.5 Å². The van der Waals surface area contributed by atoms with Gasteiger partial charge < -0.3 is 5.32 Å². The van der Waals surface area contributed by atoms with E-state index in [-0.39, 0.29) is 5.91 Å². The van der Waals surface area contributed by atoms with Gasteiger partial charge in [-0.2, -0.15) is 0 Å². The molecule has 22 heavy (non-hydrogen) atoms. The molecule has 1 aromatic carbocycles. The molecule has 5 heteroatoms. The van der Waals surface area contributed by atoms with Crippen LogP contribution in [0.5, 0.6) is 0 Å². The summed E-state index contributed by atoms with van der Waals surface area (Å²) >= 11 is 0. The second-order valence-corrected chi connectivity index (χ2v) is 5.54. The van der Waals surface area contributed by atoms with Crippen LogP contribution < -0.4 is 5.32 Å². The predicted octanol–water partition coefficient (Wildman–Crippen LogP) is 2.50. The quantitative estimate of drug-likeness (QED) is 0.890. The first-order valence-electron chi connectivity index (χ1n) is 7.36. The summed E-state index contributed by atoms with van der Waals surface area (Å²) in [5.41, 5.74) is 3.04. The molecule has 1 heterocycles. The van der Waals surface area contributed by atoms with Crippen molar-refractivity contribution in [3.8, 4) is 0 Å². The van der Waals surface area contributed by atoms with Crippen molar-refractivity contribution in [1.82, 2.24) is 14.9 Å². The van der Waals surface area contributed by atoms with Gasteiger partial charge in [-0.25, -0.2) is 0 Å². The Morgan fingerprint density at radius 2 is 2.00 bits per heavy atom. The normalized spacial score (nSPS) is 12.2. The zero-order valence-corrected chi connectivity index (χ0v) is 13.3. The zero-order chi connectivity index (χ0) is 15.9. The lowest BCUT2D eigenvalue weighted by molar-refractivity contribution is -0.114. The fourth-order valence-electron chi connectivity index (χ4n) is 2.23. The number of likely N-dealkylation sites (N-methyl/N-ethyl adjacent to an activating group) is 1. The van der Waals surface area contributed by atoms with Crippen molar-refractivity contribution in [2.45, 2.75) is 32.9 Å². The van der Waals surface area contributed by atoms with Crippen molar-refractivity contribution in [2.24, 2.45) is 0 Å². The molecule has 0 fully saturated rings. The highest BCUT2D eigenvalue weighted by Crippen LogP contribution is 2.13. The van der Waals surface area contributed by atoms with Gasteiger partial charge in [-0.3, -0.25) is 19.7 Å². The van der Waals surface area contributed by atoms with Crippen LogP contribution >= 0.6 is 0 Å². The van der Waals surface area contributed by atoms with Crippen LogP contribution in [0.2, 0.25) is 0 Å². The Kier molecular flexibility index (Phi) is 5.61. The highest BCUT2D eigenvalue weighted by molar-refractivity contribution is 5.88. The molecule has 1 amide bonds. The van der Waals surface area contributed by atoms with Crippen molar-refractivity contribution in [2.75, 3.05) is 12.4 Å². The topological polar surface area (TPSA) is 58.1 Å². The summed E-state index contributed by atoms with van der Waals surface area (Å²) in [6, 6.07) is 8.30.